The number of hydrogen-bond donors (Lipinski definition) is 1. The van der Waals surface area contributed by atoms with E-state index < -0.39 is 0 Å². The van der Waals surface area contributed by atoms with Crippen molar-refractivity contribution in [3.63, 3.8) is 0 Å². The first-order valence-corrected chi connectivity index (χ1v) is 8.12. The smallest absolute Gasteiger partial charge is 0.0976 e. The van der Waals surface area contributed by atoms with Crippen molar-refractivity contribution in [2.75, 3.05) is 12.4 Å². The quantitative estimate of drug-likeness (QED) is 0.445. The summed E-state index contributed by atoms with van der Waals surface area (Å²) in [6.07, 6.45) is 0.331. The lowest BCUT2D eigenvalue weighted by molar-refractivity contribution is -0.0284. The van der Waals surface area contributed by atoms with Gasteiger partial charge in [-0.25, -0.2) is 0 Å². The first-order chi connectivity index (χ1) is 8.08. The average molecular weight is 292 g/mol. The fourth-order valence-electron chi connectivity index (χ4n) is 1.23. The molecule has 0 radical (unpaired) electrons. The third kappa shape index (κ3) is 7.36. The first kappa shape index (κ1) is 15.4. The standard InChI is InChI=1S/C12H20O2S3/c1-9(2)13-6-11(14-10(3)15)7-17-12-4-5-16-8-12/h4-5,8-11,15H,6-7H2,1-3H3/t10-,11?/m0/s1. The molecule has 0 N–H and O–H groups in total. The van der Waals surface area contributed by atoms with Crippen LogP contribution in [0.2, 0.25) is 0 Å². The summed E-state index contributed by atoms with van der Waals surface area (Å²) in [4.78, 5) is 1.29. The van der Waals surface area contributed by atoms with Gasteiger partial charge in [-0.2, -0.15) is 11.3 Å². The van der Waals surface area contributed by atoms with Crippen LogP contribution >= 0.6 is 35.7 Å². The molecule has 5 heteroatoms. The molecule has 1 unspecified atom stereocenters. The Labute approximate surface area is 117 Å². The van der Waals surface area contributed by atoms with Crippen LogP contribution in [0, 0.1) is 0 Å². The van der Waals surface area contributed by atoms with Gasteiger partial charge in [-0.1, -0.05) is 0 Å². The highest BCUT2D eigenvalue weighted by Crippen LogP contribution is 2.23. The first-order valence-electron chi connectivity index (χ1n) is 5.68. The van der Waals surface area contributed by atoms with Gasteiger partial charge in [-0.15, -0.1) is 24.4 Å². The minimum atomic E-state index is -0.0566. The summed E-state index contributed by atoms with van der Waals surface area (Å²) in [5.41, 5.74) is -0.0566. The van der Waals surface area contributed by atoms with E-state index in [-0.39, 0.29) is 17.6 Å². The molecule has 0 aliphatic heterocycles. The van der Waals surface area contributed by atoms with Gasteiger partial charge in [0.25, 0.3) is 0 Å². The minimum absolute atomic E-state index is 0.0566. The van der Waals surface area contributed by atoms with Crippen LogP contribution < -0.4 is 0 Å². The van der Waals surface area contributed by atoms with Crippen molar-refractivity contribution in [3.05, 3.63) is 16.8 Å². The SMILES string of the molecule is CC(C)OCC(CSc1ccsc1)O[C@H](C)S. The van der Waals surface area contributed by atoms with Gasteiger partial charge in [-0.3, -0.25) is 0 Å². The zero-order chi connectivity index (χ0) is 12.7. The Hall–Kier alpha value is 0.320. The number of thiophene rings is 1. The molecule has 1 rings (SSSR count). The second kappa shape index (κ2) is 8.43. The number of hydrogen-bond acceptors (Lipinski definition) is 5. The molecule has 1 heterocycles. The molecule has 0 amide bonds. The van der Waals surface area contributed by atoms with Crippen molar-refractivity contribution in [3.8, 4) is 0 Å². The van der Waals surface area contributed by atoms with E-state index in [4.69, 9.17) is 9.47 Å². The van der Waals surface area contributed by atoms with Crippen LogP contribution in [0.5, 0.6) is 0 Å². The average Bonchev–Trinajstić information content (AvgIpc) is 2.74. The van der Waals surface area contributed by atoms with Gasteiger partial charge in [0.05, 0.1) is 24.3 Å². The van der Waals surface area contributed by atoms with E-state index in [2.05, 4.69) is 29.5 Å². The summed E-state index contributed by atoms with van der Waals surface area (Å²) in [6, 6.07) is 2.12. The predicted molar refractivity (Wildman–Crippen MR) is 79.5 cm³/mol. The van der Waals surface area contributed by atoms with Crippen molar-refractivity contribution < 1.29 is 9.47 Å². The van der Waals surface area contributed by atoms with Crippen molar-refractivity contribution in [1.29, 1.82) is 0 Å². The summed E-state index contributed by atoms with van der Waals surface area (Å²) >= 11 is 7.78. The maximum atomic E-state index is 5.72. The van der Waals surface area contributed by atoms with Gasteiger partial charge >= 0.3 is 0 Å². The molecule has 0 saturated heterocycles. The number of ether oxygens (including phenoxy) is 2. The van der Waals surface area contributed by atoms with Crippen LogP contribution in [0.3, 0.4) is 0 Å². The van der Waals surface area contributed by atoms with Gasteiger partial charge in [0.15, 0.2) is 0 Å². The fraction of sp³-hybridized carbons (Fsp3) is 0.667. The molecular formula is C12H20O2S3. The summed E-state index contributed by atoms with van der Waals surface area (Å²) < 4.78 is 11.3. The van der Waals surface area contributed by atoms with Crippen molar-refractivity contribution in [2.45, 2.75) is 43.3 Å². The molecule has 17 heavy (non-hydrogen) atoms. The molecule has 0 saturated carbocycles. The van der Waals surface area contributed by atoms with E-state index in [1.54, 1.807) is 23.1 Å². The zero-order valence-corrected chi connectivity index (χ0v) is 13.0. The Morgan fingerprint density at radius 2 is 2.18 bits per heavy atom. The van der Waals surface area contributed by atoms with E-state index >= 15 is 0 Å². The Morgan fingerprint density at radius 3 is 2.71 bits per heavy atom. The van der Waals surface area contributed by atoms with Gasteiger partial charge in [-0.05, 0) is 32.2 Å². The van der Waals surface area contributed by atoms with Crippen LogP contribution in [0.4, 0.5) is 0 Å². The van der Waals surface area contributed by atoms with E-state index in [1.165, 1.54) is 4.90 Å². The summed E-state index contributed by atoms with van der Waals surface area (Å²) in [7, 11) is 0. The Bertz CT molecular complexity index is 286. The summed E-state index contributed by atoms with van der Waals surface area (Å²) in [6.45, 7) is 6.63. The van der Waals surface area contributed by atoms with E-state index in [0.717, 1.165) is 5.75 Å². The topological polar surface area (TPSA) is 18.5 Å². The van der Waals surface area contributed by atoms with E-state index in [9.17, 15) is 0 Å². The lowest BCUT2D eigenvalue weighted by Gasteiger charge is -2.20. The number of thiol groups is 1. The Balaban J connectivity index is 2.34. The Morgan fingerprint density at radius 1 is 1.41 bits per heavy atom. The van der Waals surface area contributed by atoms with Crippen molar-refractivity contribution >= 4 is 35.7 Å². The van der Waals surface area contributed by atoms with Gasteiger partial charge in [0, 0.05) is 16.0 Å². The number of rotatable bonds is 8. The molecule has 0 fully saturated rings. The maximum absolute atomic E-state index is 5.72. The molecule has 2 atom stereocenters. The van der Waals surface area contributed by atoms with Crippen LogP contribution in [0.25, 0.3) is 0 Å². The van der Waals surface area contributed by atoms with Crippen LogP contribution in [0.15, 0.2) is 21.7 Å². The molecule has 0 aromatic carbocycles. The third-order valence-corrected chi connectivity index (χ3v) is 4.02. The summed E-state index contributed by atoms with van der Waals surface area (Å²) in [5.74, 6) is 0.897. The van der Waals surface area contributed by atoms with Gasteiger partial charge in [0.2, 0.25) is 0 Å². The summed E-state index contributed by atoms with van der Waals surface area (Å²) in [5, 5.41) is 4.24. The molecule has 2 nitrogen and oxygen atoms in total. The molecule has 98 valence electrons. The molecule has 1 aromatic heterocycles. The largest absolute Gasteiger partial charge is 0.376 e. The highest BCUT2D eigenvalue weighted by molar-refractivity contribution is 7.99. The van der Waals surface area contributed by atoms with E-state index in [1.807, 2.05) is 20.8 Å². The van der Waals surface area contributed by atoms with Gasteiger partial charge < -0.3 is 9.47 Å². The Kier molecular flexibility index (Phi) is 7.62. The van der Waals surface area contributed by atoms with Gasteiger partial charge in [0.1, 0.15) is 0 Å². The zero-order valence-electron chi connectivity index (χ0n) is 10.5. The van der Waals surface area contributed by atoms with Crippen molar-refractivity contribution in [2.24, 2.45) is 0 Å². The predicted octanol–water partition coefficient (Wildman–Crippen LogP) is 3.93. The third-order valence-electron chi connectivity index (χ3n) is 1.94. The normalized spacial score (nSPS) is 15.1. The van der Waals surface area contributed by atoms with Crippen LogP contribution in [-0.4, -0.2) is 30.0 Å². The second-order valence-electron chi connectivity index (χ2n) is 4.01. The monoisotopic (exact) mass is 292 g/mol. The molecule has 0 spiro atoms. The van der Waals surface area contributed by atoms with E-state index in [0.29, 0.717) is 6.61 Å². The second-order valence-corrected chi connectivity index (χ2v) is 6.61. The molecule has 1 aromatic rings. The lowest BCUT2D eigenvalue weighted by Crippen LogP contribution is -2.26. The molecule has 0 bridgehead atoms. The highest BCUT2D eigenvalue weighted by atomic mass is 32.2. The number of thioether (sulfide) groups is 1. The highest BCUT2D eigenvalue weighted by Gasteiger charge is 2.13. The molecule has 0 aliphatic carbocycles. The van der Waals surface area contributed by atoms with Crippen molar-refractivity contribution in [1.82, 2.24) is 0 Å². The molecule has 0 aliphatic rings. The fourth-order valence-corrected chi connectivity index (χ4v) is 3.16. The maximum Gasteiger partial charge on any atom is 0.0976 e. The van der Waals surface area contributed by atoms with Crippen LogP contribution in [0.1, 0.15) is 20.8 Å². The minimum Gasteiger partial charge on any atom is -0.376 e. The lowest BCUT2D eigenvalue weighted by atomic mass is 10.4. The molecular weight excluding hydrogens is 272 g/mol. The van der Waals surface area contributed by atoms with Crippen LogP contribution in [-0.2, 0) is 9.47 Å².